The summed E-state index contributed by atoms with van der Waals surface area (Å²) in [5, 5.41) is 8.25. The second kappa shape index (κ2) is 6.60. The predicted molar refractivity (Wildman–Crippen MR) is 103 cm³/mol. The fourth-order valence-corrected chi connectivity index (χ4v) is 4.39. The fourth-order valence-electron chi connectivity index (χ4n) is 4.39. The van der Waals surface area contributed by atoms with Crippen molar-refractivity contribution in [3.8, 4) is 5.75 Å². The molecular weight excluding hydrogens is 356 g/mol. The molecule has 0 N–H and O–H groups in total. The maximum atomic E-state index is 12.4. The fraction of sp³-hybridized carbons (Fsp3) is 0.381. The highest BCUT2D eigenvalue weighted by molar-refractivity contribution is 5.90. The number of benzene rings is 2. The molecule has 1 aromatic heterocycles. The van der Waals surface area contributed by atoms with Gasteiger partial charge in [0, 0.05) is 19.4 Å². The van der Waals surface area contributed by atoms with Gasteiger partial charge in [-0.25, -0.2) is 4.79 Å². The maximum Gasteiger partial charge on any atom is 0.365 e. The second-order valence-corrected chi connectivity index (χ2v) is 7.70. The van der Waals surface area contributed by atoms with Crippen molar-refractivity contribution in [2.45, 2.75) is 31.4 Å². The molecule has 3 aliphatic rings. The summed E-state index contributed by atoms with van der Waals surface area (Å²) in [5.74, 6) is 0.971. The minimum absolute atomic E-state index is 0.284. The van der Waals surface area contributed by atoms with Crippen molar-refractivity contribution in [2.75, 3.05) is 13.6 Å². The van der Waals surface area contributed by atoms with Crippen LogP contribution >= 0.6 is 0 Å². The van der Waals surface area contributed by atoms with Crippen LogP contribution in [0.2, 0.25) is 0 Å². The van der Waals surface area contributed by atoms with Crippen LogP contribution in [-0.2, 0) is 0 Å². The molecule has 1 aliphatic carbocycles. The molecule has 144 valence electrons. The van der Waals surface area contributed by atoms with Gasteiger partial charge in [0.05, 0.1) is 5.56 Å². The molecule has 2 saturated heterocycles. The average molecular weight is 378 g/mol. The zero-order valence-corrected chi connectivity index (χ0v) is 15.7. The quantitative estimate of drug-likeness (QED) is 0.650. The third kappa shape index (κ3) is 2.82. The number of aromatic nitrogens is 3. The Morgan fingerprint density at radius 2 is 1.89 bits per heavy atom. The summed E-state index contributed by atoms with van der Waals surface area (Å²) in [5.41, 5.74) is 1.37. The van der Waals surface area contributed by atoms with Gasteiger partial charge < -0.3 is 9.57 Å². The number of nitrogens with zero attached hydrogens (tertiary/aromatic N) is 4. The topological polar surface area (TPSA) is 69.5 Å². The van der Waals surface area contributed by atoms with E-state index in [-0.39, 0.29) is 5.72 Å². The molecule has 3 fully saturated rings. The van der Waals surface area contributed by atoms with E-state index in [0.717, 1.165) is 30.1 Å². The van der Waals surface area contributed by atoms with Crippen LogP contribution in [0.1, 0.15) is 36.0 Å². The van der Waals surface area contributed by atoms with Gasteiger partial charge in [-0.05, 0) is 55.3 Å². The van der Waals surface area contributed by atoms with Crippen molar-refractivity contribution >= 4 is 17.0 Å². The number of hydrogen-bond donors (Lipinski definition) is 0. The van der Waals surface area contributed by atoms with E-state index in [1.165, 1.54) is 12.8 Å². The van der Waals surface area contributed by atoms with Crippen molar-refractivity contribution in [1.82, 2.24) is 20.1 Å². The number of ether oxygens (including phenoxy) is 1. The Bertz CT molecular complexity index is 1010. The summed E-state index contributed by atoms with van der Waals surface area (Å²) < 4.78 is 6.53. The summed E-state index contributed by atoms with van der Waals surface area (Å²) in [6, 6.07) is 14.4. The lowest BCUT2D eigenvalue weighted by atomic mass is 9.77. The van der Waals surface area contributed by atoms with Crippen molar-refractivity contribution in [1.29, 1.82) is 0 Å². The summed E-state index contributed by atoms with van der Waals surface area (Å²) in [7, 11) is 2.13. The number of carbonyl (C=O) groups excluding carboxylic acids is 1. The van der Waals surface area contributed by atoms with Gasteiger partial charge in [-0.15, -0.1) is 5.10 Å². The van der Waals surface area contributed by atoms with Crippen LogP contribution in [0, 0.1) is 5.92 Å². The van der Waals surface area contributed by atoms with Gasteiger partial charge in [0.25, 0.3) is 0 Å². The third-order valence-electron chi connectivity index (χ3n) is 6.00. The van der Waals surface area contributed by atoms with Crippen LogP contribution in [-0.4, -0.2) is 45.3 Å². The van der Waals surface area contributed by atoms with Gasteiger partial charge in [0.2, 0.25) is 0 Å². The molecule has 2 bridgehead atoms. The number of piperidine rings is 2. The molecule has 0 radical (unpaired) electrons. The summed E-state index contributed by atoms with van der Waals surface area (Å²) in [6.45, 7) is 1.07. The van der Waals surface area contributed by atoms with Crippen LogP contribution in [0.5, 0.6) is 5.75 Å². The molecule has 3 heterocycles. The molecule has 0 unspecified atom stereocenters. The smallest absolute Gasteiger partial charge is 0.365 e. The third-order valence-corrected chi connectivity index (χ3v) is 6.00. The van der Waals surface area contributed by atoms with Gasteiger partial charge >= 0.3 is 5.97 Å². The van der Waals surface area contributed by atoms with E-state index >= 15 is 0 Å². The molecule has 7 nitrogen and oxygen atoms in total. The molecule has 28 heavy (non-hydrogen) atoms. The van der Waals surface area contributed by atoms with Crippen LogP contribution in [0.4, 0.5) is 0 Å². The normalized spacial score (nSPS) is 24.4. The van der Waals surface area contributed by atoms with Crippen molar-refractivity contribution in [3.63, 3.8) is 0 Å². The molecule has 2 aromatic carbocycles. The first-order valence-electron chi connectivity index (χ1n) is 9.67. The molecule has 0 spiro atoms. The van der Waals surface area contributed by atoms with E-state index in [1.54, 1.807) is 24.3 Å². The van der Waals surface area contributed by atoms with E-state index in [0.29, 0.717) is 22.3 Å². The number of rotatable bonds is 4. The molecule has 0 amide bonds. The Balaban J connectivity index is 1.43. The first-order valence-corrected chi connectivity index (χ1v) is 9.67. The van der Waals surface area contributed by atoms with Crippen LogP contribution in [0.15, 0.2) is 48.5 Å². The lowest BCUT2D eigenvalue weighted by Crippen LogP contribution is -2.59. The Hall–Kier alpha value is -2.93. The number of hydrogen-bond acceptors (Lipinski definition) is 6. The van der Waals surface area contributed by atoms with Crippen molar-refractivity contribution < 1.29 is 14.4 Å². The largest absolute Gasteiger partial charge is 0.470 e. The van der Waals surface area contributed by atoms with Crippen LogP contribution in [0.25, 0.3) is 11.0 Å². The minimum Gasteiger partial charge on any atom is -0.470 e. The average Bonchev–Trinajstić information content (AvgIpc) is 3.14. The van der Waals surface area contributed by atoms with E-state index in [2.05, 4.69) is 22.3 Å². The van der Waals surface area contributed by atoms with Crippen molar-refractivity contribution in [2.24, 2.45) is 5.92 Å². The molecule has 2 aliphatic heterocycles. The Morgan fingerprint density at radius 1 is 1.11 bits per heavy atom. The first-order chi connectivity index (χ1) is 13.6. The zero-order valence-electron chi connectivity index (χ0n) is 15.7. The molecule has 0 atom stereocenters. The van der Waals surface area contributed by atoms with Crippen LogP contribution < -0.4 is 9.57 Å². The maximum absolute atomic E-state index is 12.4. The lowest BCUT2D eigenvalue weighted by molar-refractivity contribution is -0.147. The Kier molecular flexibility index (Phi) is 4.05. The summed E-state index contributed by atoms with van der Waals surface area (Å²) in [6.07, 6.45) is 4.42. The molecular formula is C21H22N4O3. The number of fused-ring (bicyclic) bond motifs is 4. The van der Waals surface area contributed by atoms with E-state index < -0.39 is 5.97 Å². The second-order valence-electron chi connectivity index (χ2n) is 7.70. The Labute approximate surface area is 162 Å². The molecule has 1 saturated carbocycles. The summed E-state index contributed by atoms with van der Waals surface area (Å²) in [4.78, 5) is 21.3. The minimum atomic E-state index is -0.484. The molecule has 6 rings (SSSR count). The highest BCUT2D eigenvalue weighted by atomic mass is 16.7. The van der Waals surface area contributed by atoms with Gasteiger partial charge in [-0.2, -0.15) is 0 Å². The first kappa shape index (κ1) is 17.2. The van der Waals surface area contributed by atoms with Gasteiger partial charge in [0.1, 0.15) is 5.52 Å². The molecule has 7 heteroatoms. The van der Waals surface area contributed by atoms with Gasteiger partial charge in [-0.3, -0.25) is 4.90 Å². The van der Waals surface area contributed by atoms with E-state index in [9.17, 15) is 4.79 Å². The van der Waals surface area contributed by atoms with E-state index in [1.807, 2.05) is 24.3 Å². The van der Waals surface area contributed by atoms with Gasteiger partial charge in [0.15, 0.2) is 17.0 Å². The highest BCUT2D eigenvalue weighted by Gasteiger charge is 2.46. The summed E-state index contributed by atoms with van der Waals surface area (Å²) >= 11 is 0. The monoisotopic (exact) mass is 378 g/mol. The highest BCUT2D eigenvalue weighted by Crippen LogP contribution is 2.44. The zero-order chi connectivity index (χ0) is 19.1. The lowest BCUT2D eigenvalue weighted by Gasteiger charge is -2.52. The Morgan fingerprint density at radius 3 is 2.64 bits per heavy atom. The molecule has 3 aromatic rings. The van der Waals surface area contributed by atoms with E-state index in [4.69, 9.17) is 9.57 Å². The van der Waals surface area contributed by atoms with Crippen LogP contribution in [0.3, 0.4) is 0 Å². The number of carbonyl (C=O) groups is 1. The van der Waals surface area contributed by atoms with Gasteiger partial charge in [-0.1, -0.05) is 29.1 Å². The predicted octanol–water partition coefficient (Wildman–Crippen LogP) is 2.91. The SMILES string of the molecule is CN1CC2CCC1(Oc1cccc3c1nnn3OC(=O)c1ccccc1)CC2. The van der Waals surface area contributed by atoms with Crippen molar-refractivity contribution in [3.05, 3.63) is 54.1 Å². The standard InChI is InChI=1S/C21H22N4O3/c1-24-14-15-10-12-21(24,13-11-15)27-18-9-5-8-17-19(18)22-23-25(17)28-20(26)16-6-3-2-4-7-16/h2-9,15H,10-14H2,1H3.